The fraction of sp³-hybridized carbons (Fsp3) is 0.333. The maximum absolute atomic E-state index is 2.52. The van der Waals surface area contributed by atoms with E-state index in [0.29, 0.717) is 0 Å². The molecule has 2 aromatic carbocycles. The highest BCUT2D eigenvalue weighted by Gasteiger charge is 2.02. The van der Waals surface area contributed by atoms with E-state index in [1.807, 2.05) is 0 Å². The van der Waals surface area contributed by atoms with Crippen LogP contribution in [0.25, 0.3) is 12.2 Å². The molecule has 0 fully saturated rings. The number of hydrogen-bond acceptors (Lipinski definition) is 1. The lowest BCUT2D eigenvalue weighted by Crippen LogP contribution is -2.25. The Bertz CT molecular complexity index is 574. The molecule has 0 aliphatic carbocycles. The lowest BCUT2D eigenvalue weighted by Gasteiger charge is -2.19. The van der Waals surface area contributed by atoms with Gasteiger partial charge in [0.05, 0.1) is 0 Å². The minimum atomic E-state index is 0.779. The summed E-state index contributed by atoms with van der Waals surface area (Å²) < 4.78 is 0. The highest BCUT2D eigenvalue weighted by atomic mass is 15.1. The van der Waals surface area contributed by atoms with E-state index in [-0.39, 0.29) is 0 Å². The molecule has 0 atom stereocenters. The van der Waals surface area contributed by atoms with Crippen molar-refractivity contribution in [2.75, 3.05) is 19.6 Å². The Kier molecular flexibility index (Phi) is 8.79. The number of benzene rings is 2. The lowest BCUT2D eigenvalue weighted by atomic mass is 10.1. The van der Waals surface area contributed by atoms with Crippen molar-refractivity contribution in [3.63, 3.8) is 0 Å². The summed E-state index contributed by atoms with van der Waals surface area (Å²) in [6.07, 6.45) is 11.5. The zero-order valence-electron chi connectivity index (χ0n) is 15.6. The van der Waals surface area contributed by atoms with Crippen LogP contribution in [0.3, 0.4) is 0 Å². The van der Waals surface area contributed by atoms with Crippen LogP contribution in [0.1, 0.15) is 37.8 Å². The summed E-state index contributed by atoms with van der Waals surface area (Å²) in [5.41, 5.74) is 2.54. The Balaban J connectivity index is 1.87. The van der Waals surface area contributed by atoms with Gasteiger partial charge in [0, 0.05) is 13.1 Å². The molecular formula is C24H31N. The van der Waals surface area contributed by atoms with E-state index >= 15 is 0 Å². The van der Waals surface area contributed by atoms with Crippen LogP contribution in [0.5, 0.6) is 0 Å². The van der Waals surface area contributed by atoms with Crippen molar-refractivity contribution in [1.29, 1.82) is 0 Å². The van der Waals surface area contributed by atoms with Crippen molar-refractivity contribution in [3.8, 4) is 0 Å². The van der Waals surface area contributed by atoms with Crippen LogP contribution in [-0.4, -0.2) is 24.5 Å². The molecule has 0 N–H and O–H groups in total. The first kappa shape index (κ1) is 19.2. The van der Waals surface area contributed by atoms with Crippen molar-refractivity contribution in [2.45, 2.75) is 26.7 Å². The summed E-state index contributed by atoms with van der Waals surface area (Å²) in [7, 11) is 0. The zero-order valence-corrected chi connectivity index (χ0v) is 15.6. The molecule has 0 spiro atoms. The smallest absolute Gasteiger partial charge is 0.0169 e. The van der Waals surface area contributed by atoms with Crippen molar-refractivity contribution in [3.05, 3.63) is 83.9 Å². The summed E-state index contributed by atoms with van der Waals surface area (Å²) in [6, 6.07) is 21.1. The van der Waals surface area contributed by atoms with E-state index in [0.717, 1.165) is 25.6 Å². The monoisotopic (exact) mass is 333 g/mol. The summed E-state index contributed by atoms with van der Waals surface area (Å²) in [5.74, 6) is 0.779. The van der Waals surface area contributed by atoms with Gasteiger partial charge in [0.15, 0.2) is 0 Å². The largest absolute Gasteiger partial charge is 0.296 e. The average molecular weight is 334 g/mol. The van der Waals surface area contributed by atoms with Crippen molar-refractivity contribution >= 4 is 12.2 Å². The van der Waals surface area contributed by atoms with E-state index in [1.54, 1.807) is 0 Å². The van der Waals surface area contributed by atoms with Gasteiger partial charge >= 0.3 is 0 Å². The van der Waals surface area contributed by atoms with Gasteiger partial charge in [-0.15, -0.1) is 0 Å². The van der Waals surface area contributed by atoms with Crippen LogP contribution in [0.15, 0.2) is 72.8 Å². The number of hydrogen-bond donors (Lipinski definition) is 0. The van der Waals surface area contributed by atoms with Crippen LogP contribution in [0, 0.1) is 5.92 Å². The maximum Gasteiger partial charge on any atom is 0.0169 e. The molecule has 0 aromatic heterocycles. The summed E-state index contributed by atoms with van der Waals surface area (Å²) in [4.78, 5) is 2.52. The van der Waals surface area contributed by atoms with E-state index < -0.39 is 0 Å². The third-order valence-corrected chi connectivity index (χ3v) is 4.20. The molecule has 0 saturated carbocycles. The van der Waals surface area contributed by atoms with E-state index in [4.69, 9.17) is 0 Å². The van der Waals surface area contributed by atoms with Gasteiger partial charge in [-0.3, -0.25) is 4.90 Å². The van der Waals surface area contributed by atoms with Gasteiger partial charge < -0.3 is 0 Å². The normalized spacial score (nSPS) is 12.0. The molecule has 0 unspecified atom stereocenters. The first-order valence-electron chi connectivity index (χ1n) is 9.39. The molecule has 0 aliphatic rings. The average Bonchev–Trinajstić information content (AvgIpc) is 2.63. The Morgan fingerprint density at radius 3 is 1.68 bits per heavy atom. The van der Waals surface area contributed by atoms with Crippen molar-refractivity contribution in [2.24, 2.45) is 5.92 Å². The molecule has 0 saturated heterocycles. The number of rotatable bonds is 10. The molecule has 0 heterocycles. The fourth-order valence-electron chi connectivity index (χ4n) is 2.78. The van der Waals surface area contributed by atoms with Crippen LogP contribution >= 0.6 is 0 Å². The van der Waals surface area contributed by atoms with Gasteiger partial charge in [-0.2, -0.15) is 0 Å². The standard InChI is InChI=1S/C24H31N/c1-22(2)12-9-19-25(20-10-17-23-13-5-3-6-14-23)21-11-18-24-15-7-4-8-16-24/h3-8,10-11,13-18,22H,9,12,19-21H2,1-2H3. The van der Waals surface area contributed by atoms with Gasteiger partial charge in [0.2, 0.25) is 0 Å². The molecule has 25 heavy (non-hydrogen) atoms. The molecule has 2 aromatic rings. The molecule has 1 nitrogen and oxygen atoms in total. The Morgan fingerprint density at radius 2 is 1.24 bits per heavy atom. The SMILES string of the molecule is CC(C)CCCN(CC=Cc1ccccc1)CC=Cc1ccccc1. The molecule has 2 rings (SSSR count). The van der Waals surface area contributed by atoms with Crippen molar-refractivity contribution < 1.29 is 0 Å². The minimum Gasteiger partial charge on any atom is -0.296 e. The molecular weight excluding hydrogens is 302 g/mol. The first-order valence-corrected chi connectivity index (χ1v) is 9.39. The van der Waals surface area contributed by atoms with Gasteiger partial charge in [-0.1, -0.05) is 98.8 Å². The molecule has 0 radical (unpaired) electrons. The first-order chi connectivity index (χ1) is 12.2. The molecule has 0 amide bonds. The highest BCUT2D eigenvalue weighted by molar-refractivity contribution is 5.49. The van der Waals surface area contributed by atoms with Gasteiger partial charge in [0.1, 0.15) is 0 Å². The molecule has 0 aliphatic heterocycles. The van der Waals surface area contributed by atoms with Gasteiger partial charge in [-0.05, 0) is 36.4 Å². The second-order valence-electron chi connectivity index (χ2n) is 6.92. The zero-order chi connectivity index (χ0) is 17.7. The Morgan fingerprint density at radius 1 is 0.760 bits per heavy atom. The van der Waals surface area contributed by atoms with E-state index in [1.165, 1.54) is 24.0 Å². The Labute approximate surface area is 153 Å². The van der Waals surface area contributed by atoms with Crippen LogP contribution in [0.2, 0.25) is 0 Å². The third kappa shape index (κ3) is 8.51. The van der Waals surface area contributed by atoms with Crippen LogP contribution in [-0.2, 0) is 0 Å². The predicted molar refractivity (Wildman–Crippen MR) is 111 cm³/mol. The third-order valence-electron chi connectivity index (χ3n) is 4.20. The summed E-state index contributed by atoms with van der Waals surface area (Å²) in [5, 5.41) is 0. The topological polar surface area (TPSA) is 3.24 Å². The lowest BCUT2D eigenvalue weighted by molar-refractivity contribution is 0.318. The maximum atomic E-state index is 2.52. The molecule has 132 valence electrons. The van der Waals surface area contributed by atoms with Gasteiger partial charge in [-0.25, -0.2) is 0 Å². The van der Waals surface area contributed by atoms with Crippen molar-refractivity contribution in [1.82, 2.24) is 4.90 Å². The Hall–Kier alpha value is -2.12. The minimum absolute atomic E-state index is 0.779. The molecule has 1 heteroatoms. The van der Waals surface area contributed by atoms with E-state index in [9.17, 15) is 0 Å². The second-order valence-corrected chi connectivity index (χ2v) is 6.92. The van der Waals surface area contributed by atoms with Crippen LogP contribution < -0.4 is 0 Å². The summed E-state index contributed by atoms with van der Waals surface area (Å²) in [6.45, 7) is 7.73. The highest BCUT2D eigenvalue weighted by Crippen LogP contribution is 2.07. The summed E-state index contributed by atoms with van der Waals surface area (Å²) >= 11 is 0. The molecule has 0 bridgehead atoms. The van der Waals surface area contributed by atoms with Gasteiger partial charge in [0.25, 0.3) is 0 Å². The predicted octanol–water partition coefficient (Wildman–Crippen LogP) is 6.15. The van der Waals surface area contributed by atoms with E-state index in [2.05, 4.69) is 104 Å². The van der Waals surface area contributed by atoms with Crippen LogP contribution in [0.4, 0.5) is 0 Å². The second kappa shape index (κ2) is 11.4. The fourth-order valence-corrected chi connectivity index (χ4v) is 2.78. The number of nitrogens with zero attached hydrogens (tertiary/aromatic N) is 1. The quantitative estimate of drug-likeness (QED) is 0.504.